The van der Waals surface area contributed by atoms with Gasteiger partial charge in [-0.15, -0.1) is 22.7 Å². The number of nitrogens with one attached hydrogen (secondary N) is 1. The number of ether oxygens (including phenoxy) is 1. The van der Waals surface area contributed by atoms with Crippen molar-refractivity contribution in [1.82, 2.24) is 4.98 Å². The van der Waals surface area contributed by atoms with E-state index in [-0.39, 0.29) is 5.91 Å². The van der Waals surface area contributed by atoms with Crippen molar-refractivity contribution < 1.29 is 9.53 Å². The van der Waals surface area contributed by atoms with Crippen LogP contribution < -0.4 is 10.1 Å². The van der Waals surface area contributed by atoms with Crippen molar-refractivity contribution in [3.8, 4) is 17.0 Å². The molecule has 1 N–H and O–H groups in total. The van der Waals surface area contributed by atoms with Crippen LogP contribution in [0, 0.1) is 0 Å². The lowest BCUT2D eigenvalue weighted by atomic mass is 10.2. The number of halogens is 1. The van der Waals surface area contributed by atoms with Crippen LogP contribution in [0.4, 0.5) is 5.13 Å². The molecule has 3 rings (SSSR count). The molecule has 3 aromatic rings. The summed E-state index contributed by atoms with van der Waals surface area (Å²) in [5, 5.41) is 5.32. The fourth-order valence-electron chi connectivity index (χ4n) is 1.82. The largest absolute Gasteiger partial charge is 0.497 e. The van der Waals surface area contributed by atoms with E-state index in [9.17, 15) is 4.79 Å². The number of carbonyl (C=O) groups excluding carboxylic acids is 1. The predicted molar refractivity (Wildman–Crippen MR) is 94.1 cm³/mol. The molecule has 1 amide bonds. The summed E-state index contributed by atoms with van der Waals surface area (Å²) in [6, 6.07) is 11.3. The second kappa shape index (κ2) is 6.60. The molecule has 0 radical (unpaired) electrons. The highest BCUT2D eigenvalue weighted by molar-refractivity contribution is 9.11. The first-order chi connectivity index (χ1) is 10.7. The molecule has 7 heteroatoms. The number of thiophene rings is 1. The van der Waals surface area contributed by atoms with Crippen LogP contribution in [-0.2, 0) is 0 Å². The molecule has 0 fully saturated rings. The number of carbonyl (C=O) groups is 1. The van der Waals surface area contributed by atoms with Gasteiger partial charge >= 0.3 is 0 Å². The number of aromatic nitrogens is 1. The Morgan fingerprint density at radius 1 is 1.23 bits per heavy atom. The maximum absolute atomic E-state index is 12.1. The van der Waals surface area contributed by atoms with Gasteiger partial charge in [-0.25, -0.2) is 4.98 Å². The molecule has 0 bridgehead atoms. The van der Waals surface area contributed by atoms with Crippen LogP contribution in [0.15, 0.2) is 45.6 Å². The first kappa shape index (κ1) is 15.2. The van der Waals surface area contributed by atoms with E-state index >= 15 is 0 Å². The summed E-state index contributed by atoms with van der Waals surface area (Å²) in [5.74, 6) is 0.655. The smallest absolute Gasteiger partial charge is 0.267 e. The van der Waals surface area contributed by atoms with Gasteiger partial charge in [0.1, 0.15) is 5.75 Å². The predicted octanol–water partition coefficient (Wildman–Crippen LogP) is 4.90. The maximum atomic E-state index is 12.1. The van der Waals surface area contributed by atoms with E-state index in [4.69, 9.17) is 4.74 Å². The molecular weight excluding hydrogens is 384 g/mol. The SMILES string of the molecule is COc1ccc(-c2csc(NC(=O)c3ccc(Br)s3)n2)cc1. The topological polar surface area (TPSA) is 51.2 Å². The Hall–Kier alpha value is -1.70. The summed E-state index contributed by atoms with van der Waals surface area (Å²) < 4.78 is 6.06. The van der Waals surface area contributed by atoms with E-state index < -0.39 is 0 Å². The molecule has 2 heterocycles. The number of hydrogen-bond acceptors (Lipinski definition) is 5. The van der Waals surface area contributed by atoms with Gasteiger partial charge < -0.3 is 4.74 Å². The highest BCUT2D eigenvalue weighted by Gasteiger charge is 2.11. The van der Waals surface area contributed by atoms with Crippen molar-refractivity contribution in [1.29, 1.82) is 0 Å². The van der Waals surface area contributed by atoms with E-state index in [0.717, 1.165) is 20.8 Å². The summed E-state index contributed by atoms with van der Waals surface area (Å²) in [6.07, 6.45) is 0. The van der Waals surface area contributed by atoms with E-state index in [1.807, 2.05) is 35.7 Å². The summed E-state index contributed by atoms with van der Waals surface area (Å²) in [5.41, 5.74) is 1.81. The summed E-state index contributed by atoms with van der Waals surface area (Å²) in [6.45, 7) is 0. The summed E-state index contributed by atoms with van der Waals surface area (Å²) in [4.78, 5) is 17.2. The van der Waals surface area contributed by atoms with Gasteiger partial charge in [0, 0.05) is 10.9 Å². The summed E-state index contributed by atoms with van der Waals surface area (Å²) >= 11 is 6.14. The zero-order valence-corrected chi connectivity index (χ0v) is 14.7. The first-order valence-corrected chi connectivity index (χ1v) is 8.81. The number of benzene rings is 1. The normalized spacial score (nSPS) is 10.5. The first-order valence-electron chi connectivity index (χ1n) is 6.32. The zero-order chi connectivity index (χ0) is 15.5. The molecule has 0 saturated carbocycles. The quantitative estimate of drug-likeness (QED) is 0.684. The molecule has 0 aliphatic carbocycles. The van der Waals surface area contributed by atoms with Crippen LogP contribution in [0.5, 0.6) is 5.75 Å². The van der Waals surface area contributed by atoms with Gasteiger partial charge in [-0.2, -0.15) is 0 Å². The molecule has 112 valence electrons. The third-order valence-corrected chi connectivity index (χ3v) is 5.29. The van der Waals surface area contributed by atoms with Gasteiger partial charge in [-0.05, 0) is 52.3 Å². The van der Waals surface area contributed by atoms with Crippen molar-refractivity contribution >= 4 is 49.6 Å². The van der Waals surface area contributed by atoms with Crippen molar-refractivity contribution in [2.45, 2.75) is 0 Å². The second-order valence-electron chi connectivity index (χ2n) is 4.32. The highest BCUT2D eigenvalue weighted by Crippen LogP contribution is 2.28. The Morgan fingerprint density at radius 2 is 2.00 bits per heavy atom. The lowest BCUT2D eigenvalue weighted by Gasteiger charge is -2.01. The molecule has 0 saturated heterocycles. The molecule has 0 aliphatic rings. The molecule has 22 heavy (non-hydrogen) atoms. The van der Waals surface area contributed by atoms with Gasteiger partial charge in [-0.3, -0.25) is 10.1 Å². The molecule has 0 unspecified atom stereocenters. The minimum Gasteiger partial charge on any atom is -0.497 e. The number of methoxy groups -OCH3 is 1. The number of anilines is 1. The average molecular weight is 395 g/mol. The Kier molecular flexibility index (Phi) is 4.56. The van der Waals surface area contributed by atoms with Crippen molar-refractivity contribution in [3.05, 3.63) is 50.4 Å². The number of nitrogens with zero attached hydrogens (tertiary/aromatic N) is 1. The van der Waals surface area contributed by atoms with E-state index in [0.29, 0.717) is 10.0 Å². The van der Waals surface area contributed by atoms with Gasteiger partial charge in [0.25, 0.3) is 5.91 Å². The fourth-order valence-corrected chi connectivity index (χ4v) is 3.82. The molecular formula is C15H11BrN2O2S2. The van der Waals surface area contributed by atoms with Gasteiger partial charge in [-0.1, -0.05) is 0 Å². The molecule has 0 aliphatic heterocycles. The molecule has 4 nitrogen and oxygen atoms in total. The van der Waals surface area contributed by atoms with E-state index in [1.165, 1.54) is 22.7 Å². The minimum absolute atomic E-state index is 0.147. The van der Waals surface area contributed by atoms with Crippen LogP contribution in [0.3, 0.4) is 0 Å². The van der Waals surface area contributed by atoms with Crippen LogP contribution in [-0.4, -0.2) is 18.0 Å². The zero-order valence-electron chi connectivity index (χ0n) is 11.5. The molecule has 1 aromatic carbocycles. The summed E-state index contributed by atoms with van der Waals surface area (Å²) in [7, 11) is 1.63. The monoisotopic (exact) mass is 394 g/mol. The van der Waals surface area contributed by atoms with Gasteiger partial charge in [0.05, 0.1) is 21.5 Å². The fraction of sp³-hybridized carbons (Fsp3) is 0.0667. The second-order valence-corrected chi connectivity index (χ2v) is 7.65. The van der Waals surface area contributed by atoms with Crippen LogP contribution in [0.25, 0.3) is 11.3 Å². The van der Waals surface area contributed by atoms with Crippen molar-refractivity contribution in [3.63, 3.8) is 0 Å². The van der Waals surface area contributed by atoms with Crippen LogP contribution in [0.1, 0.15) is 9.67 Å². The molecule has 0 atom stereocenters. The average Bonchev–Trinajstić information content (AvgIpc) is 3.16. The Bertz CT molecular complexity index is 796. The maximum Gasteiger partial charge on any atom is 0.267 e. The highest BCUT2D eigenvalue weighted by atomic mass is 79.9. The Morgan fingerprint density at radius 3 is 2.64 bits per heavy atom. The minimum atomic E-state index is -0.147. The Labute approximate surface area is 143 Å². The van der Waals surface area contributed by atoms with Gasteiger partial charge in [0.15, 0.2) is 5.13 Å². The Balaban J connectivity index is 1.74. The molecule has 2 aromatic heterocycles. The third kappa shape index (κ3) is 3.37. The number of thiazole rings is 1. The lowest BCUT2D eigenvalue weighted by Crippen LogP contribution is -2.09. The molecule has 0 spiro atoms. The van der Waals surface area contributed by atoms with Crippen LogP contribution in [0.2, 0.25) is 0 Å². The van der Waals surface area contributed by atoms with Crippen molar-refractivity contribution in [2.75, 3.05) is 12.4 Å². The lowest BCUT2D eigenvalue weighted by molar-refractivity contribution is 0.103. The number of hydrogen-bond donors (Lipinski definition) is 1. The van der Waals surface area contributed by atoms with E-state index in [1.54, 1.807) is 13.2 Å². The van der Waals surface area contributed by atoms with E-state index in [2.05, 4.69) is 26.2 Å². The number of amides is 1. The third-order valence-electron chi connectivity index (χ3n) is 2.91. The van der Waals surface area contributed by atoms with Gasteiger partial charge in [0.2, 0.25) is 0 Å². The standard InChI is InChI=1S/C15H11BrN2O2S2/c1-20-10-4-2-9(3-5-10)11-8-21-15(17-11)18-14(19)12-6-7-13(16)22-12/h2-8H,1H3,(H,17,18,19). The van der Waals surface area contributed by atoms with Crippen molar-refractivity contribution in [2.24, 2.45) is 0 Å². The number of rotatable bonds is 4. The van der Waals surface area contributed by atoms with Crippen LogP contribution >= 0.6 is 38.6 Å².